The number of pyridine rings is 1. The zero-order chi connectivity index (χ0) is 11.1. The first-order valence-electron chi connectivity index (χ1n) is 4.74. The Hall–Kier alpha value is -1.95. The summed E-state index contributed by atoms with van der Waals surface area (Å²) in [5, 5.41) is 10.8. The molecule has 16 heavy (non-hydrogen) atoms. The van der Waals surface area contributed by atoms with Crippen LogP contribution in [0.1, 0.15) is 5.56 Å². The molecule has 0 amide bonds. The number of nitrogens with one attached hydrogen (secondary N) is 1. The van der Waals surface area contributed by atoms with Crippen LogP contribution in [0.4, 0.5) is 0 Å². The molecule has 0 radical (unpaired) electrons. The Bertz CT molecular complexity index is 709. The van der Waals surface area contributed by atoms with Gasteiger partial charge in [-0.2, -0.15) is 5.10 Å². The van der Waals surface area contributed by atoms with Crippen molar-refractivity contribution in [3.8, 4) is 11.5 Å². The van der Waals surface area contributed by atoms with Gasteiger partial charge in [0.25, 0.3) is 4.84 Å². The second-order valence-corrected chi connectivity index (χ2v) is 3.88. The number of aromatic nitrogens is 4. The van der Waals surface area contributed by atoms with Gasteiger partial charge in [-0.25, -0.2) is 9.61 Å². The number of H-pyrrole nitrogens is 1. The van der Waals surface area contributed by atoms with E-state index in [0.29, 0.717) is 5.89 Å². The molecule has 0 saturated carbocycles. The van der Waals surface area contributed by atoms with E-state index in [4.69, 9.17) is 16.6 Å². The molecule has 3 rings (SSSR count). The quantitative estimate of drug-likeness (QED) is 0.654. The second-order valence-electron chi connectivity index (χ2n) is 3.51. The number of aryl methyl sites for hydroxylation is 1. The van der Waals surface area contributed by atoms with Gasteiger partial charge < -0.3 is 4.42 Å². The van der Waals surface area contributed by atoms with Gasteiger partial charge in [-0.1, -0.05) is 0 Å². The van der Waals surface area contributed by atoms with Crippen molar-refractivity contribution in [3.63, 3.8) is 0 Å². The Balaban J connectivity index is 2.31. The van der Waals surface area contributed by atoms with Crippen LogP contribution in [0.2, 0.25) is 0 Å². The fourth-order valence-electron chi connectivity index (χ4n) is 1.60. The lowest BCUT2D eigenvalue weighted by atomic mass is 10.2. The third kappa shape index (κ3) is 1.35. The number of hydrogen-bond donors (Lipinski definition) is 1. The summed E-state index contributed by atoms with van der Waals surface area (Å²) in [5.74, 6) is 0.464. The van der Waals surface area contributed by atoms with E-state index in [0.717, 1.165) is 16.6 Å². The predicted octanol–water partition coefficient (Wildman–Crippen LogP) is 2.36. The minimum absolute atomic E-state index is 0.266. The molecule has 0 aliphatic rings. The van der Waals surface area contributed by atoms with Crippen LogP contribution in [0, 0.1) is 11.8 Å². The summed E-state index contributed by atoms with van der Waals surface area (Å²) >= 11 is 4.84. The number of rotatable bonds is 1. The summed E-state index contributed by atoms with van der Waals surface area (Å²) in [5.41, 5.74) is 2.93. The van der Waals surface area contributed by atoms with Gasteiger partial charge in [0.05, 0.1) is 17.3 Å². The van der Waals surface area contributed by atoms with Crippen LogP contribution in [0.15, 0.2) is 28.9 Å². The molecular weight excluding hydrogens is 224 g/mol. The smallest absolute Gasteiger partial charge is 0.284 e. The predicted molar refractivity (Wildman–Crippen MR) is 60.6 cm³/mol. The van der Waals surface area contributed by atoms with Crippen molar-refractivity contribution in [1.82, 2.24) is 19.8 Å². The molecule has 3 heterocycles. The third-order valence-electron chi connectivity index (χ3n) is 2.35. The monoisotopic (exact) mass is 232 g/mol. The maximum Gasteiger partial charge on any atom is 0.284 e. The maximum absolute atomic E-state index is 5.27. The minimum atomic E-state index is 0.266. The summed E-state index contributed by atoms with van der Waals surface area (Å²) in [7, 11) is 0. The molecule has 80 valence electrons. The molecule has 0 bridgehead atoms. The van der Waals surface area contributed by atoms with Crippen molar-refractivity contribution >= 4 is 17.7 Å². The molecule has 6 heteroatoms. The van der Waals surface area contributed by atoms with E-state index in [2.05, 4.69) is 15.3 Å². The van der Waals surface area contributed by atoms with E-state index in [1.165, 1.54) is 0 Å². The van der Waals surface area contributed by atoms with E-state index in [9.17, 15) is 0 Å². The first-order chi connectivity index (χ1) is 7.74. The van der Waals surface area contributed by atoms with Gasteiger partial charge in [-0.05, 0) is 36.8 Å². The normalized spacial score (nSPS) is 11.1. The van der Waals surface area contributed by atoms with Gasteiger partial charge in [0, 0.05) is 6.20 Å². The summed E-state index contributed by atoms with van der Waals surface area (Å²) in [4.78, 5) is 0.266. The highest BCUT2D eigenvalue weighted by atomic mass is 32.1. The summed E-state index contributed by atoms with van der Waals surface area (Å²) in [6, 6.07) is 4.01. The van der Waals surface area contributed by atoms with Crippen LogP contribution in [0.25, 0.3) is 17.0 Å². The fourth-order valence-corrected chi connectivity index (χ4v) is 1.72. The average molecular weight is 232 g/mol. The number of nitrogens with zero attached hydrogens (tertiary/aromatic N) is 3. The third-order valence-corrected chi connectivity index (χ3v) is 2.52. The molecule has 0 aromatic carbocycles. The minimum Gasteiger partial charge on any atom is -0.409 e. The molecule has 3 aromatic rings. The lowest BCUT2D eigenvalue weighted by molar-refractivity contribution is 0.552. The first kappa shape index (κ1) is 9.29. The van der Waals surface area contributed by atoms with Crippen molar-refractivity contribution in [2.75, 3.05) is 0 Å². The van der Waals surface area contributed by atoms with Crippen LogP contribution in [0.3, 0.4) is 0 Å². The Morgan fingerprint density at radius 3 is 3.12 bits per heavy atom. The fraction of sp³-hybridized carbons (Fsp3) is 0.100. The zero-order valence-corrected chi connectivity index (χ0v) is 9.28. The van der Waals surface area contributed by atoms with Crippen molar-refractivity contribution in [2.24, 2.45) is 0 Å². The Morgan fingerprint density at radius 2 is 2.38 bits per heavy atom. The van der Waals surface area contributed by atoms with Crippen LogP contribution >= 0.6 is 12.2 Å². The van der Waals surface area contributed by atoms with E-state index in [1.54, 1.807) is 10.7 Å². The van der Waals surface area contributed by atoms with Crippen LogP contribution in [-0.2, 0) is 0 Å². The molecule has 0 saturated heterocycles. The van der Waals surface area contributed by atoms with Crippen LogP contribution < -0.4 is 0 Å². The van der Waals surface area contributed by atoms with Crippen LogP contribution in [0.5, 0.6) is 0 Å². The lowest BCUT2D eigenvalue weighted by Crippen LogP contribution is -1.86. The highest BCUT2D eigenvalue weighted by Gasteiger charge is 2.11. The van der Waals surface area contributed by atoms with Gasteiger partial charge in [0.15, 0.2) is 0 Å². The van der Waals surface area contributed by atoms with Crippen molar-refractivity contribution < 1.29 is 4.42 Å². The molecule has 0 fully saturated rings. The highest BCUT2D eigenvalue weighted by Crippen LogP contribution is 2.22. The SMILES string of the molecule is Cc1ccn2ncc(-c3n[nH]c(=S)o3)c2c1. The molecule has 3 aromatic heterocycles. The van der Waals surface area contributed by atoms with Gasteiger partial charge in [-0.15, -0.1) is 5.10 Å². The molecular formula is C10H8N4OS. The van der Waals surface area contributed by atoms with Crippen molar-refractivity contribution in [3.05, 3.63) is 34.9 Å². The Morgan fingerprint density at radius 1 is 1.50 bits per heavy atom. The van der Waals surface area contributed by atoms with Crippen LogP contribution in [-0.4, -0.2) is 19.8 Å². The zero-order valence-electron chi connectivity index (χ0n) is 8.47. The maximum atomic E-state index is 5.27. The topological polar surface area (TPSA) is 59.1 Å². The Kier molecular flexibility index (Phi) is 1.90. The van der Waals surface area contributed by atoms with Gasteiger partial charge >= 0.3 is 0 Å². The summed E-state index contributed by atoms with van der Waals surface area (Å²) < 4.78 is 7.04. The van der Waals surface area contributed by atoms with Crippen molar-refractivity contribution in [1.29, 1.82) is 0 Å². The van der Waals surface area contributed by atoms with Gasteiger partial charge in [0.2, 0.25) is 5.89 Å². The number of fused-ring (bicyclic) bond motifs is 1. The molecule has 0 aliphatic heterocycles. The lowest BCUT2D eigenvalue weighted by Gasteiger charge is -1.96. The van der Waals surface area contributed by atoms with Gasteiger partial charge in [0.1, 0.15) is 0 Å². The largest absolute Gasteiger partial charge is 0.409 e. The average Bonchev–Trinajstić information content (AvgIpc) is 2.83. The Labute approximate surface area is 95.7 Å². The molecule has 5 nitrogen and oxygen atoms in total. The second kappa shape index (κ2) is 3.28. The molecule has 0 spiro atoms. The number of hydrogen-bond acceptors (Lipinski definition) is 4. The van der Waals surface area contributed by atoms with Crippen molar-refractivity contribution in [2.45, 2.75) is 6.92 Å². The van der Waals surface area contributed by atoms with E-state index >= 15 is 0 Å². The highest BCUT2D eigenvalue weighted by molar-refractivity contribution is 7.71. The standard InChI is InChI=1S/C10H8N4OS/c1-6-2-3-14-8(4-6)7(5-11-14)9-12-13-10(16)15-9/h2-5H,1H3,(H,13,16). The molecule has 0 atom stereocenters. The summed E-state index contributed by atoms with van der Waals surface area (Å²) in [6.07, 6.45) is 3.61. The molecule has 0 unspecified atom stereocenters. The van der Waals surface area contributed by atoms with Gasteiger partial charge in [-0.3, -0.25) is 0 Å². The van der Waals surface area contributed by atoms with E-state index in [-0.39, 0.29) is 4.84 Å². The first-order valence-corrected chi connectivity index (χ1v) is 5.15. The molecule has 0 aliphatic carbocycles. The van der Waals surface area contributed by atoms with E-state index in [1.807, 2.05) is 25.3 Å². The number of aromatic amines is 1. The van der Waals surface area contributed by atoms with E-state index < -0.39 is 0 Å². The summed E-state index contributed by atoms with van der Waals surface area (Å²) in [6.45, 7) is 2.02. The molecule has 1 N–H and O–H groups in total.